The molecule has 7 heteroatoms. The molecule has 0 aliphatic carbocycles. The molecular formula is C15H16N2O5. The molecule has 0 amide bonds. The highest BCUT2D eigenvalue weighted by molar-refractivity contribution is 5.75. The fraction of sp³-hybridized carbons (Fsp3) is 0.267. The van der Waals surface area contributed by atoms with Gasteiger partial charge in [0.15, 0.2) is 0 Å². The number of nitrogens with zero attached hydrogens (tertiary/aromatic N) is 2. The number of hydrogen-bond acceptors (Lipinski definition) is 6. The first-order valence-electron chi connectivity index (χ1n) is 6.47. The Kier molecular flexibility index (Phi) is 4.77. The van der Waals surface area contributed by atoms with Gasteiger partial charge in [-0.2, -0.15) is 9.97 Å². The largest absolute Gasteiger partial charge is 0.481 e. The van der Waals surface area contributed by atoms with Crippen LogP contribution >= 0.6 is 0 Å². The molecule has 1 aromatic carbocycles. The number of aryl methyl sites for hydroxylation is 1. The van der Waals surface area contributed by atoms with Crippen LogP contribution in [0.3, 0.4) is 0 Å². The Labute approximate surface area is 127 Å². The van der Waals surface area contributed by atoms with Gasteiger partial charge in [-0.15, -0.1) is 0 Å². The fourth-order valence-corrected chi connectivity index (χ4v) is 1.88. The molecule has 0 fully saturated rings. The van der Waals surface area contributed by atoms with Gasteiger partial charge >= 0.3 is 12.0 Å². The van der Waals surface area contributed by atoms with E-state index in [0.29, 0.717) is 5.56 Å². The van der Waals surface area contributed by atoms with E-state index in [1.165, 1.54) is 20.3 Å². The summed E-state index contributed by atoms with van der Waals surface area (Å²) in [5.41, 5.74) is 1.32. The standard InChI is InChI=1S/C15H16N2O5/c1-9-6-4-5-7-10(9)13(14(18)19)22-15-16-11(20-2)8-12(17-15)21-3/h4-8,13H,1-3H3,(H,18,19). The van der Waals surface area contributed by atoms with Crippen molar-refractivity contribution in [2.45, 2.75) is 13.0 Å². The number of carboxylic acids is 1. The molecule has 7 nitrogen and oxygen atoms in total. The molecule has 2 rings (SSSR count). The quantitative estimate of drug-likeness (QED) is 0.872. The second-order valence-corrected chi connectivity index (χ2v) is 4.43. The maximum Gasteiger partial charge on any atom is 0.349 e. The average Bonchev–Trinajstić information content (AvgIpc) is 2.52. The smallest absolute Gasteiger partial charge is 0.349 e. The molecule has 1 atom stereocenters. The van der Waals surface area contributed by atoms with Gasteiger partial charge in [0.1, 0.15) is 0 Å². The van der Waals surface area contributed by atoms with Crippen molar-refractivity contribution in [1.29, 1.82) is 0 Å². The zero-order chi connectivity index (χ0) is 16.1. The van der Waals surface area contributed by atoms with Gasteiger partial charge in [0, 0.05) is 5.56 Å². The summed E-state index contributed by atoms with van der Waals surface area (Å²) in [6.07, 6.45) is -1.22. The van der Waals surface area contributed by atoms with Gasteiger partial charge in [0.2, 0.25) is 17.9 Å². The summed E-state index contributed by atoms with van der Waals surface area (Å²) in [6, 6.07) is 8.40. The maximum atomic E-state index is 11.5. The Bertz CT molecular complexity index is 652. The van der Waals surface area contributed by atoms with Crippen molar-refractivity contribution in [3.63, 3.8) is 0 Å². The molecule has 0 bridgehead atoms. The normalized spacial score (nSPS) is 11.6. The summed E-state index contributed by atoms with van der Waals surface area (Å²) in [6.45, 7) is 1.81. The molecular weight excluding hydrogens is 288 g/mol. The molecule has 0 saturated heterocycles. The third kappa shape index (κ3) is 3.43. The summed E-state index contributed by atoms with van der Waals surface area (Å²) in [5, 5.41) is 9.42. The van der Waals surface area contributed by atoms with E-state index in [9.17, 15) is 9.90 Å². The molecule has 1 heterocycles. The number of methoxy groups -OCH3 is 2. The zero-order valence-corrected chi connectivity index (χ0v) is 12.4. The minimum Gasteiger partial charge on any atom is -0.481 e. The first-order chi connectivity index (χ1) is 10.5. The van der Waals surface area contributed by atoms with Crippen LogP contribution in [0.1, 0.15) is 17.2 Å². The van der Waals surface area contributed by atoms with Crippen LogP contribution in [0, 0.1) is 6.92 Å². The summed E-state index contributed by atoms with van der Waals surface area (Å²) < 4.78 is 15.5. The van der Waals surface area contributed by atoms with Crippen molar-refractivity contribution < 1.29 is 24.1 Å². The van der Waals surface area contributed by atoms with Gasteiger partial charge in [-0.05, 0) is 12.5 Å². The highest BCUT2D eigenvalue weighted by Crippen LogP contribution is 2.25. The number of ether oxygens (including phenoxy) is 3. The molecule has 0 saturated carbocycles. The van der Waals surface area contributed by atoms with Crippen LogP contribution < -0.4 is 14.2 Å². The van der Waals surface area contributed by atoms with Crippen LogP contribution in [0.15, 0.2) is 30.3 Å². The number of aromatic nitrogens is 2. The van der Waals surface area contributed by atoms with E-state index < -0.39 is 12.1 Å². The lowest BCUT2D eigenvalue weighted by molar-refractivity contribution is -0.145. The Morgan fingerprint density at radius 3 is 2.23 bits per heavy atom. The number of carbonyl (C=O) groups is 1. The molecule has 22 heavy (non-hydrogen) atoms. The van der Waals surface area contributed by atoms with Gasteiger partial charge in [0.05, 0.1) is 20.3 Å². The number of aliphatic carboxylic acids is 1. The highest BCUT2D eigenvalue weighted by atomic mass is 16.5. The van der Waals surface area contributed by atoms with Gasteiger partial charge in [-0.1, -0.05) is 24.3 Å². The topological polar surface area (TPSA) is 90.8 Å². The lowest BCUT2D eigenvalue weighted by Crippen LogP contribution is -2.20. The number of rotatable bonds is 6. The van der Waals surface area contributed by atoms with E-state index in [1.807, 2.05) is 19.1 Å². The minimum atomic E-state index is -1.22. The lowest BCUT2D eigenvalue weighted by atomic mass is 10.0. The van der Waals surface area contributed by atoms with Crippen LogP contribution in [-0.4, -0.2) is 35.3 Å². The number of carboxylic acid groups (broad SMARTS) is 1. The second kappa shape index (κ2) is 6.75. The molecule has 2 aromatic rings. The Hall–Kier alpha value is -2.83. The van der Waals surface area contributed by atoms with Crippen molar-refractivity contribution >= 4 is 5.97 Å². The zero-order valence-electron chi connectivity index (χ0n) is 12.4. The number of benzene rings is 1. The molecule has 1 unspecified atom stereocenters. The highest BCUT2D eigenvalue weighted by Gasteiger charge is 2.25. The predicted molar refractivity (Wildman–Crippen MR) is 77.3 cm³/mol. The minimum absolute atomic E-state index is 0.133. The van der Waals surface area contributed by atoms with Crippen LogP contribution in [0.25, 0.3) is 0 Å². The Morgan fingerprint density at radius 2 is 1.73 bits per heavy atom. The molecule has 0 spiro atoms. The van der Waals surface area contributed by atoms with Gasteiger partial charge in [-0.3, -0.25) is 0 Å². The molecule has 1 aromatic heterocycles. The van der Waals surface area contributed by atoms with E-state index >= 15 is 0 Å². The van der Waals surface area contributed by atoms with Crippen molar-refractivity contribution in [3.05, 3.63) is 41.5 Å². The van der Waals surface area contributed by atoms with Gasteiger partial charge < -0.3 is 19.3 Å². The van der Waals surface area contributed by atoms with E-state index in [0.717, 1.165) is 5.56 Å². The molecule has 1 N–H and O–H groups in total. The first kappa shape index (κ1) is 15.6. The van der Waals surface area contributed by atoms with Crippen molar-refractivity contribution in [1.82, 2.24) is 9.97 Å². The second-order valence-electron chi connectivity index (χ2n) is 4.43. The monoisotopic (exact) mass is 304 g/mol. The molecule has 0 radical (unpaired) electrons. The van der Waals surface area contributed by atoms with Gasteiger partial charge in [-0.25, -0.2) is 4.79 Å². The summed E-state index contributed by atoms with van der Waals surface area (Å²) in [7, 11) is 2.86. The SMILES string of the molecule is COc1cc(OC)nc(OC(C(=O)O)c2ccccc2C)n1. The van der Waals surface area contributed by atoms with Gasteiger partial charge in [0.25, 0.3) is 0 Å². The van der Waals surface area contributed by atoms with E-state index in [2.05, 4.69) is 9.97 Å². The number of hydrogen-bond donors (Lipinski definition) is 1. The van der Waals surface area contributed by atoms with Crippen LogP contribution in [-0.2, 0) is 4.79 Å². The van der Waals surface area contributed by atoms with Crippen molar-refractivity contribution in [3.8, 4) is 17.8 Å². The van der Waals surface area contributed by atoms with Crippen molar-refractivity contribution in [2.75, 3.05) is 14.2 Å². The van der Waals surface area contributed by atoms with E-state index in [4.69, 9.17) is 14.2 Å². The maximum absolute atomic E-state index is 11.5. The Morgan fingerprint density at radius 1 is 1.14 bits per heavy atom. The van der Waals surface area contributed by atoms with E-state index in [-0.39, 0.29) is 17.8 Å². The third-order valence-corrected chi connectivity index (χ3v) is 3.00. The fourth-order valence-electron chi connectivity index (χ4n) is 1.88. The summed E-state index contributed by atoms with van der Waals surface area (Å²) >= 11 is 0. The van der Waals surface area contributed by atoms with Crippen LogP contribution in [0.4, 0.5) is 0 Å². The van der Waals surface area contributed by atoms with E-state index in [1.54, 1.807) is 12.1 Å². The Balaban J connectivity index is 2.37. The molecule has 0 aliphatic heterocycles. The first-order valence-corrected chi connectivity index (χ1v) is 6.47. The van der Waals surface area contributed by atoms with Crippen molar-refractivity contribution in [2.24, 2.45) is 0 Å². The predicted octanol–water partition coefficient (Wildman–Crippen LogP) is 2.01. The van der Waals surface area contributed by atoms with Crippen LogP contribution in [0.5, 0.6) is 17.8 Å². The summed E-state index contributed by atoms with van der Waals surface area (Å²) in [4.78, 5) is 19.5. The molecule has 0 aliphatic rings. The third-order valence-electron chi connectivity index (χ3n) is 3.00. The molecule has 116 valence electrons. The lowest BCUT2D eigenvalue weighted by Gasteiger charge is -2.16. The summed E-state index contributed by atoms with van der Waals surface area (Å²) in [5.74, 6) is -0.703. The average molecular weight is 304 g/mol. The van der Waals surface area contributed by atoms with Crippen LogP contribution in [0.2, 0.25) is 0 Å².